The average molecular weight is 251 g/mol. The molecule has 0 aromatic heterocycles. The molecule has 0 fully saturated rings. The third-order valence-electron chi connectivity index (χ3n) is 3.16. The van der Waals surface area contributed by atoms with Gasteiger partial charge in [-0.25, -0.2) is 9.18 Å². The fourth-order valence-electron chi connectivity index (χ4n) is 2.24. The Morgan fingerprint density at radius 1 is 1.47 bits per heavy atom. The van der Waals surface area contributed by atoms with Gasteiger partial charge in [0.1, 0.15) is 19.2 Å². The lowest BCUT2D eigenvalue weighted by Crippen LogP contribution is -2.32. The van der Waals surface area contributed by atoms with Gasteiger partial charge in [-0.1, -0.05) is 23.1 Å². The van der Waals surface area contributed by atoms with Crippen LogP contribution in [0.15, 0.2) is 45.6 Å². The summed E-state index contributed by atoms with van der Waals surface area (Å²) in [6.45, 7) is 1.52. The maximum atomic E-state index is 14.0. The third kappa shape index (κ3) is 2.03. The van der Waals surface area contributed by atoms with Gasteiger partial charge in [-0.2, -0.15) is 0 Å². The van der Waals surface area contributed by atoms with Crippen LogP contribution in [0.3, 0.4) is 0 Å². The number of carboxylic acid groups (broad SMARTS) is 1. The number of rotatable bonds is 2. The Kier molecular flexibility index (Phi) is 3.39. The molecule has 2 aliphatic rings. The first kappa shape index (κ1) is 13.7. The van der Waals surface area contributed by atoms with Gasteiger partial charge in [0.05, 0.1) is 13.1 Å². The van der Waals surface area contributed by atoms with E-state index in [0.717, 1.165) is 13.2 Å². The van der Waals surface area contributed by atoms with Crippen LogP contribution in [0.2, 0.25) is 0 Å². The number of Topliss-reactive ketones (excluding diaryl/α,β-unsaturated/α-hetero) is 1. The zero-order chi connectivity index (χ0) is 14.3. The largest absolute Gasteiger partial charge is 0.478 e. The molecule has 19 heavy (non-hydrogen) atoms. The molecule has 5 radical (unpaired) electrons. The minimum Gasteiger partial charge on any atom is -0.478 e. The Balaban J connectivity index is 2.68. The Hall–Kier alpha value is -1.78. The van der Waals surface area contributed by atoms with Crippen LogP contribution in [0.1, 0.15) is 6.92 Å². The molecule has 0 saturated heterocycles. The van der Waals surface area contributed by atoms with E-state index in [1.54, 1.807) is 0 Å². The molecular formula is C12H7B3FO3. The van der Waals surface area contributed by atoms with E-state index in [2.05, 4.69) is 0 Å². The minimum absolute atomic E-state index is 0.0465. The van der Waals surface area contributed by atoms with Crippen molar-refractivity contribution in [2.45, 2.75) is 6.92 Å². The van der Waals surface area contributed by atoms with Crippen molar-refractivity contribution in [2.24, 2.45) is 5.92 Å². The van der Waals surface area contributed by atoms with Crippen LogP contribution >= 0.6 is 0 Å². The molecular weight excluding hydrogens is 244 g/mol. The van der Waals surface area contributed by atoms with E-state index in [1.165, 1.54) is 13.0 Å². The second-order valence-electron chi connectivity index (χ2n) is 4.33. The van der Waals surface area contributed by atoms with Gasteiger partial charge >= 0.3 is 5.97 Å². The molecule has 2 rings (SSSR count). The zero-order valence-electron chi connectivity index (χ0n) is 10.1. The second kappa shape index (κ2) is 4.72. The lowest BCUT2D eigenvalue weighted by atomic mass is 9.45. The van der Waals surface area contributed by atoms with Crippen molar-refractivity contribution >= 4 is 34.5 Å². The Morgan fingerprint density at radius 2 is 2.11 bits per heavy atom. The quantitative estimate of drug-likeness (QED) is 0.575. The number of hydrogen-bond donors (Lipinski definition) is 1. The summed E-state index contributed by atoms with van der Waals surface area (Å²) in [7, 11) is 12.1. The fraction of sp³-hybridized carbons (Fsp3) is 0.167. The highest BCUT2D eigenvalue weighted by Gasteiger charge is 2.37. The van der Waals surface area contributed by atoms with Gasteiger partial charge in [-0.15, -0.1) is 0 Å². The number of carboxylic acids is 1. The van der Waals surface area contributed by atoms with Crippen molar-refractivity contribution in [1.29, 1.82) is 0 Å². The van der Waals surface area contributed by atoms with Crippen molar-refractivity contribution in [3.63, 3.8) is 0 Å². The van der Waals surface area contributed by atoms with Crippen LogP contribution < -0.4 is 0 Å². The average Bonchev–Trinajstić information content (AvgIpc) is 2.35. The van der Waals surface area contributed by atoms with Gasteiger partial charge in [-0.05, 0) is 18.1 Å². The molecule has 7 heteroatoms. The van der Waals surface area contributed by atoms with Crippen molar-refractivity contribution in [1.82, 2.24) is 0 Å². The second-order valence-corrected chi connectivity index (χ2v) is 4.33. The van der Waals surface area contributed by atoms with Gasteiger partial charge in [-0.3, -0.25) is 4.79 Å². The zero-order valence-corrected chi connectivity index (χ0v) is 10.1. The first-order valence-corrected chi connectivity index (χ1v) is 5.50. The Bertz CT molecular complexity index is 614. The molecule has 1 N–H and O–H groups in total. The number of fused-ring (bicyclic) bond motifs is 1. The van der Waals surface area contributed by atoms with E-state index in [0.29, 0.717) is 11.1 Å². The topological polar surface area (TPSA) is 54.4 Å². The number of carbonyl (C=O) groups is 2. The SMILES string of the molecule is [B][B]C1=C(F)C(C)=CC2=C([B])C=C(C(=O)O)C(=O)C12. The number of carbonyl (C=O) groups excluding carboxylic acids is 1. The highest BCUT2D eigenvalue weighted by molar-refractivity contribution is 6.94. The van der Waals surface area contributed by atoms with E-state index in [1.807, 2.05) is 0 Å². The first-order chi connectivity index (χ1) is 8.88. The normalized spacial score (nSPS) is 22.8. The highest BCUT2D eigenvalue weighted by Crippen LogP contribution is 2.39. The lowest BCUT2D eigenvalue weighted by Gasteiger charge is -2.30. The van der Waals surface area contributed by atoms with E-state index in [-0.39, 0.29) is 10.9 Å². The monoisotopic (exact) mass is 251 g/mol. The molecule has 0 bridgehead atoms. The van der Waals surface area contributed by atoms with Crippen molar-refractivity contribution in [2.75, 3.05) is 0 Å². The van der Waals surface area contributed by atoms with E-state index >= 15 is 0 Å². The summed E-state index contributed by atoms with van der Waals surface area (Å²) in [5.41, 5.74) is 0.297. The van der Waals surface area contributed by atoms with E-state index < -0.39 is 29.1 Å². The molecule has 1 unspecified atom stereocenters. The van der Waals surface area contributed by atoms with Gasteiger partial charge in [0.15, 0.2) is 5.78 Å². The van der Waals surface area contributed by atoms with Crippen LogP contribution in [-0.2, 0) is 9.59 Å². The highest BCUT2D eigenvalue weighted by atomic mass is 19.1. The molecule has 0 saturated carbocycles. The summed E-state index contributed by atoms with van der Waals surface area (Å²) in [5, 5.41) is 8.96. The van der Waals surface area contributed by atoms with Gasteiger partial charge < -0.3 is 5.11 Å². The van der Waals surface area contributed by atoms with Crippen molar-refractivity contribution in [3.05, 3.63) is 45.6 Å². The summed E-state index contributed by atoms with van der Waals surface area (Å²) in [4.78, 5) is 23.1. The van der Waals surface area contributed by atoms with Gasteiger partial charge in [0, 0.05) is 7.74 Å². The minimum atomic E-state index is -1.39. The predicted octanol–water partition coefficient (Wildman–Crippen LogP) is 0.548. The first-order valence-electron chi connectivity index (χ1n) is 5.50. The predicted molar refractivity (Wildman–Crippen MR) is 70.4 cm³/mol. The molecule has 0 spiro atoms. The Labute approximate surface area is 113 Å². The number of hydrogen-bond acceptors (Lipinski definition) is 2. The van der Waals surface area contributed by atoms with Crippen LogP contribution in [0.4, 0.5) is 4.39 Å². The van der Waals surface area contributed by atoms with Crippen LogP contribution in [0, 0.1) is 5.92 Å². The fourth-order valence-corrected chi connectivity index (χ4v) is 2.24. The van der Waals surface area contributed by atoms with Crippen molar-refractivity contribution < 1.29 is 19.1 Å². The van der Waals surface area contributed by atoms with E-state index in [4.69, 9.17) is 20.7 Å². The molecule has 0 amide bonds. The summed E-state index contributed by atoms with van der Waals surface area (Å²) >= 11 is 0. The number of allylic oxidation sites excluding steroid dienone is 7. The molecule has 0 aromatic carbocycles. The molecule has 0 aromatic rings. The molecule has 0 heterocycles. The maximum absolute atomic E-state index is 14.0. The Morgan fingerprint density at radius 3 is 2.63 bits per heavy atom. The van der Waals surface area contributed by atoms with Crippen LogP contribution in [0.5, 0.6) is 0 Å². The van der Waals surface area contributed by atoms with Crippen molar-refractivity contribution in [3.8, 4) is 0 Å². The molecule has 2 aliphatic carbocycles. The summed E-state index contributed by atoms with van der Waals surface area (Å²) in [6, 6.07) is 0. The summed E-state index contributed by atoms with van der Waals surface area (Å²) < 4.78 is 14.0. The molecule has 3 nitrogen and oxygen atoms in total. The number of halogens is 1. The van der Waals surface area contributed by atoms with Crippen LogP contribution in [0.25, 0.3) is 0 Å². The van der Waals surface area contributed by atoms with Gasteiger partial charge in [0.25, 0.3) is 0 Å². The number of aliphatic carboxylic acids is 1. The molecule has 89 valence electrons. The third-order valence-corrected chi connectivity index (χ3v) is 3.16. The van der Waals surface area contributed by atoms with E-state index in [9.17, 15) is 14.0 Å². The summed E-state index contributed by atoms with van der Waals surface area (Å²) in [5.74, 6) is -3.81. The number of ketones is 1. The van der Waals surface area contributed by atoms with Crippen LogP contribution in [-0.4, -0.2) is 39.6 Å². The standard InChI is InChI=1S/C12H7B3FO3/c1-4-2-5-7(13)3-6(12(18)19)11(17)8(5)9(15-14)10(4)16/h2-3,8H,1H3,(H,18,19). The summed E-state index contributed by atoms with van der Waals surface area (Å²) in [6.07, 6.45) is 2.53. The molecule has 1 atom stereocenters. The maximum Gasteiger partial charge on any atom is 0.339 e. The lowest BCUT2D eigenvalue weighted by molar-refractivity contribution is -0.135. The van der Waals surface area contributed by atoms with Gasteiger partial charge in [0.2, 0.25) is 0 Å². The smallest absolute Gasteiger partial charge is 0.339 e. The molecule has 0 aliphatic heterocycles.